The molecular formula is C10H16N4O3. The Bertz CT molecular complexity index is 364. The SMILES string of the molecule is CCNCC(=O)NC(Cc1cnc[nH]1)C(=O)O. The number of imidazole rings is 1. The quantitative estimate of drug-likeness (QED) is 0.495. The van der Waals surface area contributed by atoms with Crippen LogP contribution in [0.2, 0.25) is 0 Å². The summed E-state index contributed by atoms with van der Waals surface area (Å²) in [5.74, 6) is -1.40. The van der Waals surface area contributed by atoms with E-state index in [4.69, 9.17) is 5.11 Å². The van der Waals surface area contributed by atoms with Crippen LogP contribution in [0.15, 0.2) is 12.5 Å². The predicted octanol–water partition coefficient (Wildman–Crippen LogP) is -0.869. The Labute approximate surface area is 98.6 Å². The molecule has 1 amide bonds. The van der Waals surface area contributed by atoms with E-state index in [2.05, 4.69) is 20.6 Å². The molecule has 0 bridgehead atoms. The first-order valence-electron chi connectivity index (χ1n) is 5.33. The molecule has 0 aliphatic rings. The Balaban J connectivity index is 2.49. The highest BCUT2D eigenvalue weighted by Crippen LogP contribution is 1.98. The lowest BCUT2D eigenvalue weighted by Gasteiger charge is -2.13. The van der Waals surface area contributed by atoms with Gasteiger partial charge in [0.15, 0.2) is 0 Å². The summed E-state index contributed by atoms with van der Waals surface area (Å²) in [6.07, 6.45) is 3.19. The average molecular weight is 240 g/mol. The van der Waals surface area contributed by atoms with E-state index in [0.717, 1.165) is 0 Å². The third-order valence-corrected chi connectivity index (χ3v) is 2.15. The van der Waals surface area contributed by atoms with Crippen LogP contribution in [0.25, 0.3) is 0 Å². The first-order valence-corrected chi connectivity index (χ1v) is 5.33. The second kappa shape index (κ2) is 6.64. The number of carboxylic acid groups (broad SMARTS) is 1. The van der Waals surface area contributed by atoms with Gasteiger partial charge in [0.05, 0.1) is 12.9 Å². The Hall–Kier alpha value is -1.89. The number of carboxylic acids is 1. The van der Waals surface area contributed by atoms with Crippen molar-refractivity contribution in [3.63, 3.8) is 0 Å². The lowest BCUT2D eigenvalue weighted by atomic mass is 10.1. The van der Waals surface area contributed by atoms with E-state index in [9.17, 15) is 9.59 Å². The smallest absolute Gasteiger partial charge is 0.326 e. The topological polar surface area (TPSA) is 107 Å². The molecule has 7 nitrogen and oxygen atoms in total. The van der Waals surface area contributed by atoms with Crippen molar-refractivity contribution >= 4 is 11.9 Å². The number of nitrogens with one attached hydrogen (secondary N) is 3. The highest BCUT2D eigenvalue weighted by atomic mass is 16.4. The summed E-state index contributed by atoms with van der Waals surface area (Å²) in [7, 11) is 0. The number of carbonyl (C=O) groups is 2. The van der Waals surface area contributed by atoms with Crippen LogP contribution in [0.5, 0.6) is 0 Å². The van der Waals surface area contributed by atoms with Crippen LogP contribution in [-0.4, -0.2) is 46.1 Å². The molecular weight excluding hydrogens is 224 g/mol. The minimum atomic E-state index is -1.07. The lowest BCUT2D eigenvalue weighted by molar-refractivity contribution is -0.141. The lowest BCUT2D eigenvalue weighted by Crippen LogP contribution is -2.45. The molecule has 1 unspecified atom stereocenters. The van der Waals surface area contributed by atoms with Crippen LogP contribution in [0.1, 0.15) is 12.6 Å². The summed E-state index contributed by atoms with van der Waals surface area (Å²) < 4.78 is 0. The Morgan fingerprint density at radius 3 is 2.88 bits per heavy atom. The largest absolute Gasteiger partial charge is 0.480 e. The second-order valence-electron chi connectivity index (χ2n) is 3.52. The van der Waals surface area contributed by atoms with Gasteiger partial charge in [-0.05, 0) is 6.54 Å². The van der Waals surface area contributed by atoms with Crippen molar-refractivity contribution in [2.24, 2.45) is 0 Å². The number of H-pyrrole nitrogens is 1. The minimum absolute atomic E-state index is 0.114. The number of rotatable bonds is 7. The minimum Gasteiger partial charge on any atom is -0.480 e. The van der Waals surface area contributed by atoms with Crippen LogP contribution in [0.3, 0.4) is 0 Å². The normalized spacial score (nSPS) is 12.1. The Morgan fingerprint density at radius 2 is 2.35 bits per heavy atom. The van der Waals surface area contributed by atoms with E-state index < -0.39 is 12.0 Å². The van der Waals surface area contributed by atoms with Gasteiger partial charge in [-0.3, -0.25) is 4.79 Å². The van der Waals surface area contributed by atoms with Crippen LogP contribution in [0, 0.1) is 0 Å². The van der Waals surface area contributed by atoms with Crippen molar-refractivity contribution in [1.82, 2.24) is 20.6 Å². The summed E-state index contributed by atoms with van der Waals surface area (Å²) in [6.45, 7) is 2.64. The molecule has 1 aromatic rings. The van der Waals surface area contributed by atoms with Crippen molar-refractivity contribution in [1.29, 1.82) is 0 Å². The number of aromatic amines is 1. The van der Waals surface area contributed by atoms with Crippen molar-refractivity contribution in [2.75, 3.05) is 13.1 Å². The Kier molecular flexibility index (Phi) is 5.15. The van der Waals surface area contributed by atoms with E-state index in [1.54, 1.807) is 0 Å². The van der Waals surface area contributed by atoms with Crippen molar-refractivity contribution in [3.8, 4) is 0 Å². The van der Waals surface area contributed by atoms with Gasteiger partial charge in [-0.15, -0.1) is 0 Å². The molecule has 0 saturated heterocycles. The van der Waals surface area contributed by atoms with Crippen molar-refractivity contribution in [2.45, 2.75) is 19.4 Å². The molecule has 0 aliphatic heterocycles. The fourth-order valence-electron chi connectivity index (χ4n) is 1.30. The maximum Gasteiger partial charge on any atom is 0.326 e. The van der Waals surface area contributed by atoms with Gasteiger partial charge in [0.25, 0.3) is 0 Å². The highest BCUT2D eigenvalue weighted by molar-refractivity contribution is 5.84. The molecule has 0 saturated carbocycles. The summed E-state index contributed by atoms with van der Waals surface area (Å²) in [6, 6.07) is -0.943. The number of aromatic nitrogens is 2. The zero-order valence-electron chi connectivity index (χ0n) is 9.56. The number of hydrogen-bond acceptors (Lipinski definition) is 4. The zero-order chi connectivity index (χ0) is 12.7. The molecule has 1 heterocycles. The fourth-order valence-corrected chi connectivity index (χ4v) is 1.30. The molecule has 0 radical (unpaired) electrons. The molecule has 17 heavy (non-hydrogen) atoms. The molecule has 7 heteroatoms. The number of carbonyl (C=O) groups excluding carboxylic acids is 1. The third kappa shape index (κ3) is 4.64. The van der Waals surface area contributed by atoms with E-state index in [1.807, 2.05) is 6.92 Å². The maximum absolute atomic E-state index is 11.4. The number of hydrogen-bond donors (Lipinski definition) is 4. The van der Waals surface area contributed by atoms with Gasteiger partial charge < -0.3 is 20.7 Å². The van der Waals surface area contributed by atoms with Crippen LogP contribution in [0.4, 0.5) is 0 Å². The zero-order valence-corrected chi connectivity index (χ0v) is 9.56. The Morgan fingerprint density at radius 1 is 1.59 bits per heavy atom. The summed E-state index contributed by atoms with van der Waals surface area (Å²) in [5.41, 5.74) is 0.668. The predicted molar refractivity (Wildman–Crippen MR) is 60.4 cm³/mol. The molecule has 1 atom stereocenters. The number of nitrogens with zero attached hydrogens (tertiary/aromatic N) is 1. The maximum atomic E-state index is 11.4. The molecule has 4 N–H and O–H groups in total. The van der Waals surface area contributed by atoms with Crippen LogP contribution >= 0.6 is 0 Å². The molecule has 0 fully saturated rings. The van der Waals surface area contributed by atoms with Gasteiger partial charge in [-0.2, -0.15) is 0 Å². The van der Waals surface area contributed by atoms with Gasteiger partial charge in [0.1, 0.15) is 6.04 Å². The van der Waals surface area contributed by atoms with E-state index >= 15 is 0 Å². The fraction of sp³-hybridized carbons (Fsp3) is 0.500. The van der Waals surface area contributed by atoms with Gasteiger partial charge in [-0.1, -0.05) is 6.92 Å². The van der Waals surface area contributed by atoms with Crippen LogP contribution < -0.4 is 10.6 Å². The molecule has 0 aliphatic carbocycles. The first kappa shape index (κ1) is 13.2. The molecule has 94 valence electrons. The number of amides is 1. The van der Waals surface area contributed by atoms with Gasteiger partial charge >= 0.3 is 5.97 Å². The van der Waals surface area contributed by atoms with Crippen LogP contribution in [-0.2, 0) is 16.0 Å². The molecule has 0 spiro atoms. The van der Waals surface area contributed by atoms with E-state index in [0.29, 0.717) is 12.2 Å². The summed E-state index contributed by atoms with van der Waals surface area (Å²) in [5, 5.41) is 14.2. The van der Waals surface area contributed by atoms with Gasteiger partial charge in [0, 0.05) is 18.3 Å². The van der Waals surface area contributed by atoms with Crippen molar-refractivity contribution in [3.05, 3.63) is 18.2 Å². The first-order chi connectivity index (χ1) is 8.13. The summed E-state index contributed by atoms with van der Waals surface area (Å²) in [4.78, 5) is 28.9. The van der Waals surface area contributed by atoms with E-state index in [1.165, 1.54) is 12.5 Å². The monoisotopic (exact) mass is 240 g/mol. The van der Waals surface area contributed by atoms with Crippen molar-refractivity contribution < 1.29 is 14.7 Å². The van der Waals surface area contributed by atoms with E-state index in [-0.39, 0.29) is 18.9 Å². The molecule has 1 aromatic heterocycles. The number of likely N-dealkylation sites (N-methyl/N-ethyl adjacent to an activating group) is 1. The standard InChI is InChI=1S/C10H16N4O3/c1-2-11-5-9(15)14-8(10(16)17)3-7-4-12-6-13-7/h4,6,8,11H,2-3,5H2,1H3,(H,12,13)(H,14,15)(H,16,17). The van der Waals surface area contributed by atoms with Gasteiger partial charge in [-0.25, -0.2) is 9.78 Å². The molecule has 1 rings (SSSR count). The number of aliphatic carboxylic acids is 1. The third-order valence-electron chi connectivity index (χ3n) is 2.15. The molecule has 0 aromatic carbocycles. The van der Waals surface area contributed by atoms with Gasteiger partial charge in [0.2, 0.25) is 5.91 Å². The highest BCUT2D eigenvalue weighted by Gasteiger charge is 2.20. The summed E-state index contributed by atoms with van der Waals surface area (Å²) >= 11 is 0. The average Bonchev–Trinajstić information content (AvgIpc) is 2.78. The second-order valence-corrected chi connectivity index (χ2v) is 3.52.